The van der Waals surface area contributed by atoms with Crippen LogP contribution < -0.4 is 5.32 Å². The van der Waals surface area contributed by atoms with Gasteiger partial charge in [0.15, 0.2) is 5.65 Å². The average Bonchev–Trinajstić information content (AvgIpc) is 3.04. The van der Waals surface area contributed by atoms with Gasteiger partial charge in [0.05, 0.1) is 27.4 Å². The lowest BCUT2D eigenvalue weighted by atomic mass is 10.1. The van der Waals surface area contributed by atoms with Crippen LogP contribution in [0.3, 0.4) is 0 Å². The van der Waals surface area contributed by atoms with E-state index in [1.165, 1.54) is 11.8 Å². The highest BCUT2D eigenvalue weighted by Gasteiger charge is 2.17. The molecule has 2 heterocycles. The second kappa shape index (κ2) is 7.79. The van der Waals surface area contributed by atoms with Gasteiger partial charge in [0.1, 0.15) is 6.07 Å². The molecule has 0 spiro atoms. The van der Waals surface area contributed by atoms with Crippen molar-refractivity contribution in [1.29, 1.82) is 5.26 Å². The molecule has 0 radical (unpaired) electrons. The number of aryl methyl sites for hydroxylation is 1. The van der Waals surface area contributed by atoms with Gasteiger partial charge in [-0.15, -0.1) is 0 Å². The number of para-hydroxylation sites is 2. The Bertz CT molecular complexity index is 1000. The van der Waals surface area contributed by atoms with Crippen molar-refractivity contribution in [3.8, 4) is 6.07 Å². The quantitative estimate of drug-likeness (QED) is 0.671. The molecule has 0 aliphatic carbocycles. The highest BCUT2D eigenvalue weighted by molar-refractivity contribution is 7.99. The number of aromatic nitrogens is 2. The Morgan fingerprint density at radius 1 is 1.38 bits per heavy atom. The van der Waals surface area contributed by atoms with E-state index < -0.39 is 0 Å². The van der Waals surface area contributed by atoms with E-state index in [1.54, 1.807) is 0 Å². The number of nitrogens with one attached hydrogen (secondary N) is 1. The third-order valence-electron chi connectivity index (χ3n) is 4.49. The molecule has 0 aliphatic heterocycles. The Morgan fingerprint density at radius 3 is 2.85 bits per heavy atom. The van der Waals surface area contributed by atoms with Crippen LogP contribution in [-0.4, -0.2) is 27.1 Å². The molecule has 1 N–H and O–H groups in total. The average molecular weight is 366 g/mol. The van der Waals surface area contributed by atoms with Gasteiger partial charge in [-0.05, 0) is 43.5 Å². The fourth-order valence-electron chi connectivity index (χ4n) is 2.91. The Labute approximate surface area is 157 Å². The Hall–Kier alpha value is -2.52. The maximum atomic E-state index is 12.2. The zero-order valence-electron chi connectivity index (χ0n) is 15.2. The van der Waals surface area contributed by atoms with Gasteiger partial charge < -0.3 is 5.32 Å². The lowest BCUT2D eigenvalue weighted by Crippen LogP contribution is -2.33. The minimum atomic E-state index is 0.0179. The van der Waals surface area contributed by atoms with E-state index in [9.17, 15) is 10.1 Å². The molecule has 6 heteroatoms. The lowest BCUT2D eigenvalue weighted by Gasteiger charge is -2.13. The first-order valence-corrected chi connectivity index (χ1v) is 9.82. The molecule has 5 nitrogen and oxygen atoms in total. The third-order valence-corrected chi connectivity index (χ3v) is 5.49. The maximum absolute atomic E-state index is 12.2. The number of rotatable bonds is 6. The molecule has 0 aliphatic rings. The van der Waals surface area contributed by atoms with Gasteiger partial charge in [-0.2, -0.15) is 5.26 Å². The van der Waals surface area contributed by atoms with Crippen LogP contribution >= 0.6 is 11.8 Å². The van der Waals surface area contributed by atoms with E-state index in [1.807, 2.05) is 55.5 Å². The predicted octanol–water partition coefficient (Wildman–Crippen LogP) is 3.93. The van der Waals surface area contributed by atoms with Crippen LogP contribution in [0, 0.1) is 11.3 Å². The number of benzene rings is 1. The summed E-state index contributed by atoms with van der Waals surface area (Å²) in [5, 5.41) is 13.6. The summed E-state index contributed by atoms with van der Waals surface area (Å²) in [5.41, 5.74) is 4.03. The number of nitriles is 1. The topological polar surface area (TPSA) is 70.2 Å². The molecule has 0 saturated carbocycles. The molecule has 0 bridgehead atoms. The summed E-state index contributed by atoms with van der Waals surface area (Å²) in [6, 6.07) is 12.3. The normalized spacial score (nSPS) is 12.2. The molecule has 2 aromatic heterocycles. The summed E-state index contributed by atoms with van der Waals surface area (Å²) < 4.78 is 1.99. The second-order valence-corrected chi connectivity index (χ2v) is 7.27. The van der Waals surface area contributed by atoms with Crippen LogP contribution in [0.1, 0.15) is 38.3 Å². The van der Waals surface area contributed by atoms with Crippen molar-refractivity contribution in [1.82, 2.24) is 14.7 Å². The molecule has 1 atom stereocenters. The van der Waals surface area contributed by atoms with Gasteiger partial charge >= 0.3 is 0 Å². The number of fused-ring (bicyclic) bond motifs is 3. The number of carbonyl (C=O) groups excluding carboxylic acids is 1. The van der Waals surface area contributed by atoms with Crippen molar-refractivity contribution in [2.45, 2.75) is 44.7 Å². The van der Waals surface area contributed by atoms with Gasteiger partial charge in [-0.3, -0.25) is 9.20 Å². The van der Waals surface area contributed by atoms with Crippen LogP contribution in [0.25, 0.3) is 16.7 Å². The van der Waals surface area contributed by atoms with Gasteiger partial charge in [0.2, 0.25) is 5.91 Å². The van der Waals surface area contributed by atoms with Crippen molar-refractivity contribution < 1.29 is 4.79 Å². The highest BCUT2D eigenvalue weighted by Crippen LogP contribution is 2.29. The number of amides is 1. The molecule has 26 heavy (non-hydrogen) atoms. The number of thioether (sulfide) groups is 1. The largest absolute Gasteiger partial charge is 0.353 e. The van der Waals surface area contributed by atoms with Crippen molar-refractivity contribution in [2.75, 3.05) is 5.75 Å². The van der Waals surface area contributed by atoms with Crippen molar-refractivity contribution in [3.63, 3.8) is 0 Å². The fraction of sp³-hybridized carbons (Fsp3) is 0.350. The van der Waals surface area contributed by atoms with Crippen LogP contribution in [0.5, 0.6) is 0 Å². The Morgan fingerprint density at radius 2 is 2.15 bits per heavy atom. The fourth-order valence-corrected chi connectivity index (χ4v) is 3.81. The van der Waals surface area contributed by atoms with E-state index in [-0.39, 0.29) is 11.9 Å². The molecule has 3 aromatic rings. The van der Waals surface area contributed by atoms with Crippen LogP contribution in [0.15, 0.2) is 35.4 Å². The Kier molecular flexibility index (Phi) is 5.48. The van der Waals surface area contributed by atoms with E-state index in [4.69, 9.17) is 0 Å². The first kappa shape index (κ1) is 18.3. The number of hydrogen-bond acceptors (Lipinski definition) is 4. The van der Waals surface area contributed by atoms with Gasteiger partial charge in [0.25, 0.3) is 0 Å². The summed E-state index contributed by atoms with van der Waals surface area (Å²) >= 11 is 1.48. The zero-order valence-corrected chi connectivity index (χ0v) is 16.1. The van der Waals surface area contributed by atoms with Crippen LogP contribution in [0.4, 0.5) is 0 Å². The molecular weight excluding hydrogens is 344 g/mol. The SMILES string of the molecule is CCc1cc(SCC(=O)N[C@H](C)CC)n2c(nc3ccccc32)c1C#N. The highest BCUT2D eigenvalue weighted by atomic mass is 32.2. The van der Waals surface area contributed by atoms with E-state index in [0.717, 1.165) is 34.5 Å². The second-order valence-electron chi connectivity index (χ2n) is 6.27. The summed E-state index contributed by atoms with van der Waals surface area (Å²) in [5.74, 6) is 0.352. The summed E-state index contributed by atoms with van der Waals surface area (Å²) in [4.78, 5) is 16.9. The Balaban J connectivity index is 2.06. The first-order valence-electron chi connectivity index (χ1n) is 8.84. The van der Waals surface area contributed by atoms with E-state index in [0.29, 0.717) is 17.0 Å². The van der Waals surface area contributed by atoms with Crippen LogP contribution in [0.2, 0.25) is 0 Å². The predicted molar refractivity (Wildman–Crippen MR) is 105 cm³/mol. The molecule has 3 rings (SSSR count). The molecule has 0 saturated heterocycles. The van der Waals surface area contributed by atoms with E-state index in [2.05, 4.69) is 16.4 Å². The number of imidazole rings is 1. The standard InChI is InChI=1S/C20H22N4OS/c1-4-13(3)22-18(25)12-26-19-10-14(5-2)15(11-21)20-23-16-8-6-7-9-17(16)24(19)20/h6-10,13H,4-5,12H2,1-3H3,(H,22,25)/t13-/m1/s1. The van der Waals surface area contributed by atoms with Crippen molar-refractivity contribution >= 4 is 34.3 Å². The summed E-state index contributed by atoms with van der Waals surface area (Å²) in [6.45, 7) is 6.08. The maximum Gasteiger partial charge on any atom is 0.230 e. The van der Waals surface area contributed by atoms with Crippen molar-refractivity contribution in [3.05, 3.63) is 41.5 Å². The third kappa shape index (κ3) is 3.40. The van der Waals surface area contributed by atoms with Gasteiger partial charge in [-0.1, -0.05) is 37.7 Å². The van der Waals surface area contributed by atoms with E-state index >= 15 is 0 Å². The minimum absolute atomic E-state index is 0.0179. The molecular formula is C20H22N4OS. The number of carbonyl (C=O) groups is 1. The van der Waals surface area contributed by atoms with Gasteiger partial charge in [0, 0.05) is 6.04 Å². The molecule has 1 amide bonds. The monoisotopic (exact) mass is 366 g/mol. The minimum Gasteiger partial charge on any atom is -0.353 e. The van der Waals surface area contributed by atoms with Crippen molar-refractivity contribution in [2.24, 2.45) is 0 Å². The zero-order chi connectivity index (χ0) is 18.7. The first-order chi connectivity index (χ1) is 12.6. The molecule has 1 aromatic carbocycles. The van der Waals surface area contributed by atoms with Crippen LogP contribution in [-0.2, 0) is 11.2 Å². The summed E-state index contributed by atoms with van der Waals surface area (Å²) in [6.07, 6.45) is 1.65. The smallest absolute Gasteiger partial charge is 0.230 e. The number of pyridine rings is 1. The molecule has 0 fully saturated rings. The number of hydrogen-bond donors (Lipinski definition) is 1. The summed E-state index contributed by atoms with van der Waals surface area (Å²) in [7, 11) is 0. The van der Waals surface area contributed by atoms with Gasteiger partial charge in [-0.25, -0.2) is 4.98 Å². The molecule has 0 unspecified atom stereocenters. The lowest BCUT2D eigenvalue weighted by molar-refractivity contribution is -0.119. The number of nitrogens with zero attached hydrogens (tertiary/aromatic N) is 3. The molecule has 134 valence electrons.